The Bertz CT molecular complexity index is 542. The van der Waals surface area contributed by atoms with E-state index in [1.807, 2.05) is 6.07 Å². The molecule has 1 unspecified atom stereocenters. The van der Waals surface area contributed by atoms with Gasteiger partial charge in [-0.1, -0.05) is 0 Å². The zero-order valence-corrected chi connectivity index (χ0v) is 12.1. The molecule has 0 aliphatic carbocycles. The molecule has 6 heteroatoms. The predicted octanol–water partition coefficient (Wildman–Crippen LogP) is 0.716. The number of nitrogens with one attached hydrogen (secondary N) is 1. The highest BCUT2D eigenvalue weighted by atomic mass is 16.5. The molecule has 108 valence electrons. The maximum Gasteiger partial charge on any atom is 0.248 e. The van der Waals surface area contributed by atoms with E-state index in [4.69, 9.17) is 4.74 Å². The van der Waals surface area contributed by atoms with E-state index in [2.05, 4.69) is 10.3 Å². The first-order valence-electron chi connectivity index (χ1n) is 6.47. The fraction of sp³-hybridized carbons (Fsp3) is 0.500. The van der Waals surface area contributed by atoms with Crippen LogP contribution < -0.4 is 10.1 Å². The van der Waals surface area contributed by atoms with Crippen LogP contribution in [0.25, 0.3) is 0 Å². The predicted molar refractivity (Wildman–Crippen MR) is 73.0 cm³/mol. The van der Waals surface area contributed by atoms with E-state index in [0.717, 1.165) is 5.56 Å². The van der Waals surface area contributed by atoms with E-state index < -0.39 is 11.6 Å². The van der Waals surface area contributed by atoms with Crippen LogP contribution in [0.4, 0.5) is 0 Å². The molecule has 1 atom stereocenters. The summed E-state index contributed by atoms with van der Waals surface area (Å²) in [5.74, 6) is 0.249. The van der Waals surface area contributed by atoms with Crippen LogP contribution in [0.5, 0.6) is 5.88 Å². The molecule has 0 saturated carbocycles. The quantitative estimate of drug-likeness (QED) is 0.883. The molecule has 1 aliphatic heterocycles. The van der Waals surface area contributed by atoms with Crippen molar-refractivity contribution in [3.8, 4) is 5.88 Å². The molecule has 6 nitrogen and oxygen atoms in total. The number of piperazine rings is 1. The Kier molecular flexibility index (Phi) is 3.65. The van der Waals surface area contributed by atoms with Gasteiger partial charge in [-0.3, -0.25) is 9.59 Å². The van der Waals surface area contributed by atoms with Gasteiger partial charge >= 0.3 is 0 Å². The van der Waals surface area contributed by atoms with Crippen LogP contribution in [0.2, 0.25) is 0 Å². The number of pyridine rings is 1. The van der Waals surface area contributed by atoms with Crippen LogP contribution in [0.15, 0.2) is 18.3 Å². The molecule has 0 aromatic carbocycles. The van der Waals surface area contributed by atoms with Crippen molar-refractivity contribution in [3.05, 3.63) is 23.9 Å². The molecule has 1 saturated heterocycles. The minimum absolute atomic E-state index is 0.0969. The first kappa shape index (κ1) is 14.3. The number of rotatable bonds is 3. The second kappa shape index (κ2) is 5.11. The molecule has 0 radical (unpaired) electrons. The molecule has 2 heterocycles. The van der Waals surface area contributed by atoms with Gasteiger partial charge in [-0.25, -0.2) is 4.98 Å². The van der Waals surface area contributed by atoms with Gasteiger partial charge in [-0.05, 0) is 32.4 Å². The van der Waals surface area contributed by atoms with Gasteiger partial charge in [0.1, 0.15) is 11.6 Å². The van der Waals surface area contributed by atoms with Crippen molar-refractivity contribution in [2.45, 2.75) is 38.9 Å². The van der Waals surface area contributed by atoms with Crippen molar-refractivity contribution < 1.29 is 14.3 Å². The smallest absolute Gasteiger partial charge is 0.248 e. The molecule has 1 aromatic rings. The third kappa shape index (κ3) is 2.59. The standard InChI is InChI=1S/C14H19N3O3/c1-9-12(18)16-14(2,3)13(19)17(9)8-10-5-6-15-11(7-10)20-4/h5-7,9H,8H2,1-4H3,(H,16,18). The number of carbonyl (C=O) groups excluding carboxylic acids is 2. The van der Waals surface area contributed by atoms with E-state index in [1.54, 1.807) is 37.9 Å². The number of amides is 2. The van der Waals surface area contributed by atoms with Crippen molar-refractivity contribution in [1.82, 2.24) is 15.2 Å². The van der Waals surface area contributed by atoms with Gasteiger partial charge in [0, 0.05) is 18.8 Å². The fourth-order valence-electron chi connectivity index (χ4n) is 2.21. The van der Waals surface area contributed by atoms with Crippen molar-refractivity contribution >= 4 is 11.8 Å². The van der Waals surface area contributed by atoms with Crippen molar-refractivity contribution in [2.24, 2.45) is 0 Å². The van der Waals surface area contributed by atoms with Gasteiger partial charge < -0.3 is 15.0 Å². The summed E-state index contributed by atoms with van der Waals surface area (Å²) in [5.41, 5.74) is 0.00307. The van der Waals surface area contributed by atoms with Gasteiger partial charge in [-0.2, -0.15) is 0 Å². The SMILES string of the molecule is COc1cc(CN2C(=O)C(C)(C)NC(=O)C2C)ccn1. The molecular weight excluding hydrogens is 258 g/mol. The molecular formula is C14H19N3O3. The first-order chi connectivity index (χ1) is 9.35. The molecule has 1 aromatic heterocycles. The van der Waals surface area contributed by atoms with Gasteiger partial charge in [0.05, 0.1) is 7.11 Å². The molecule has 2 amide bonds. The largest absolute Gasteiger partial charge is 0.481 e. The molecule has 1 aliphatic rings. The third-order valence-electron chi connectivity index (χ3n) is 3.44. The zero-order valence-electron chi connectivity index (χ0n) is 12.1. The van der Waals surface area contributed by atoms with E-state index in [0.29, 0.717) is 12.4 Å². The average Bonchev–Trinajstić information content (AvgIpc) is 2.41. The molecule has 1 fully saturated rings. The zero-order chi connectivity index (χ0) is 14.9. The van der Waals surface area contributed by atoms with E-state index in [-0.39, 0.29) is 11.8 Å². The Hall–Kier alpha value is -2.11. The van der Waals surface area contributed by atoms with Gasteiger partial charge in [0.15, 0.2) is 0 Å². The summed E-state index contributed by atoms with van der Waals surface area (Å²) in [4.78, 5) is 30.0. The number of carbonyl (C=O) groups is 2. The summed E-state index contributed by atoms with van der Waals surface area (Å²) in [5, 5.41) is 2.73. The fourth-order valence-corrected chi connectivity index (χ4v) is 2.21. The minimum atomic E-state index is -0.874. The summed E-state index contributed by atoms with van der Waals surface area (Å²) in [7, 11) is 1.54. The lowest BCUT2D eigenvalue weighted by Gasteiger charge is -2.41. The monoisotopic (exact) mass is 277 g/mol. The molecule has 1 N–H and O–H groups in total. The number of aromatic nitrogens is 1. The summed E-state index contributed by atoms with van der Waals surface area (Å²) < 4.78 is 5.07. The maximum absolute atomic E-state index is 12.4. The van der Waals surface area contributed by atoms with Crippen molar-refractivity contribution in [3.63, 3.8) is 0 Å². The Morgan fingerprint density at radius 1 is 1.45 bits per heavy atom. The van der Waals surface area contributed by atoms with Crippen molar-refractivity contribution in [1.29, 1.82) is 0 Å². The summed E-state index contributed by atoms with van der Waals surface area (Å²) in [6, 6.07) is 3.08. The number of nitrogens with zero attached hydrogens (tertiary/aromatic N) is 2. The molecule has 2 rings (SSSR count). The van der Waals surface area contributed by atoms with Crippen molar-refractivity contribution in [2.75, 3.05) is 7.11 Å². The summed E-state index contributed by atoms with van der Waals surface area (Å²) in [6.07, 6.45) is 1.62. The normalized spacial score (nSPS) is 21.6. The second-order valence-electron chi connectivity index (χ2n) is 5.43. The van der Waals surface area contributed by atoms with E-state index >= 15 is 0 Å². The highest BCUT2D eigenvalue weighted by Gasteiger charge is 2.43. The maximum atomic E-state index is 12.4. The lowest BCUT2D eigenvalue weighted by molar-refractivity contribution is -0.153. The van der Waals surface area contributed by atoms with Crippen LogP contribution in [0, 0.1) is 0 Å². The van der Waals surface area contributed by atoms with Crippen LogP contribution in [0.1, 0.15) is 26.3 Å². The number of hydrogen-bond acceptors (Lipinski definition) is 4. The molecule has 20 heavy (non-hydrogen) atoms. The summed E-state index contributed by atoms with van der Waals surface area (Å²) >= 11 is 0. The Labute approximate surface area is 118 Å². The number of ether oxygens (including phenoxy) is 1. The molecule has 0 spiro atoms. The Balaban J connectivity index is 2.25. The number of hydrogen-bond donors (Lipinski definition) is 1. The Morgan fingerprint density at radius 2 is 2.15 bits per heavy atom. The van der Waals surface area contributed by atoms with Crippen LogP contribution in [-0.2, 0) is 16.1 Å². The van der Waals surface area contributed by atoms with Crippen LogP contribution in [0.3, 0.4) is 0 Å². The van der Waals surface area contributed by atoms with Crippen LogP contribution >= 0.6 is 0 Å². The topological polar surface area (TPSA) is 71.5 Å². The highest BCUT2D eigenvalue weighted by molar-refractivity contribution is 5.99. The van der Waals surface area contributed by atoms with E-state index in [9.17, 15) is 9.59 Å². The lowest BCUT2D eigenvalue weighted by Crippen LogP contribution is -2.66. The second-order valence-corrected chi connectivity index (χ2v) is 5.43. The van der Waals surface area contributed by atoms with E-state index in [1.165, 1.54) is 7.11 Å². The summed E-state index contributed by atoms with van der Waals surface area (Å²) in [6.45, 7) is 5.50. The van der Waals surface area contributed by atoms with Gasteiger partial charge in [-0.15, -0.1) is 0 Å². The molecule has 0 bridgehead atoms. The average molecular weight is 277 g/mol. The Morgan fingerprint density at radius 3 is 2.80 bits per heavy atom. The third-order valence-corrected chi connectivity index (χ3v) is 3.44. The van der Waals surface area contributed by atoms with Gasteiger partial charge in [0.25, 0.3) is 0 Å². The lowest BCUT2D eigenvalue weighted by atomic mass is 9.97. The first-order valence-corrected chi connectivity index (χ1v) is 6.47. The number of methoxy groups -OCH3 is 1. The van der Waals surface area contributed by atoms with Crippen LogP contribution in [-0.4, -0.2) is 40.4 Å². The minimum Gasteiger partial charge on any atom is -0.481 e. The highest BCUT2D eigenvalue weighted by Crippen LogP contribution is 2.21. The van der Waals surface area contributed by atoms with Gasteiger partial charge in [0.2, 0.25) is 17.7 Å².